The van der Waals surface area contributed by atoms with Crippen molar-refractivity contribution < 1.29 is 19.1 Å². The molecule has 6 nitrogen and oxygen atoms in total. The van der Waals surface area contributed by atoms with Gasteiger partial charge >= 0.3 is 6.09 Å². The average molecular weight is 320 g/mol. The van der Waals surface area contributed by atoms with E-state index in [1.54, 1.807) is 40.1 Å². The Bertz CT molecular complexity index is 577. The largest absolute Gasteiger partial charge is 0.481 e. The lowest BCUT2D eigenvalue weighted by Crippen LogP contribution is -2.48. The highest BCUT2D eigenvalue weighted by molar-refractivity contribution is 5.94. The van der Waals surface area contributed by atoms with Crippen LogP contribution in [0.25, 0.3) is 0 Å². The van der Waals surface area contributed by atoms with Crippen LogP contribution in [-0.2, 0) is 9.53 Å². The normalized spacial score (nSPS) is 22.0. The predicted octanol–water partition coefficient (Wildman–Crippen LogP) is 2.98. The summed E-state index contributed by atoms with van der Waals surface area (Å²) >= 11 is 0. The van der Waals surface area contributed by atoms with E-state index in [1.807, 2.05) is 13.0 Å². The lowest BCUT2D eigenvalue weighted by Gasteiger charge is -2.36. The third-order valence-electron chi connectivity index (χ3n) is 3.93. The minimum absolute atomic E-state index is 0.0413. The maximum atomic E-state index is 12.5. The second-order valence-electron chi connectivity index (χ2n) is 6.79. The van der Waals surface area contributed by atoms with Crippen molar-refractivity contribution in [3.63, 3.8) is 0 Å². The van der Waals surface area contributed by atoms with Crippen molar-refractivity contribution >= 4 is 12.0 Å². The molecule has 1 aromatic rings. The zero-order valence-corrected chi connectivity index (χ0v) is 14.3. The number of imide groups is 1. The number of likely N-dealkylation sites (tertiary alicyclic amines) is 1. The van der Waals surface area contributed by atoms with Crippen molar-refractivity contribution in [2.24, 2.45) is 5.92 Å². The van der Waals surface area contributed by atoms with Gasteiger partial charge in [0.05, 0.1) is 7.11 Å². The third-order valence-corrected chi connectivity index (χ3v) is 3.93. The number of piperidine rings is 1. The summed E-state index contributed by atoms with van der Waals surface area (Å²) in [5.74, 6) is 0.0799. The molecule has 0 aromatic carbocycles. The number of carbonyl (C=O) groups is 2. The Labute approximate surface area is 136 Å². The molecular weight excluding hydrogens is 296 g/mol. The van der Waals surface area contributed by atoms with Gasteiger partial charge in [-0.25, -0.2) is 14.7 Å². The predicted molar refractivity (Wildman–Crippen MR) is 85.3 cm³/mol. The van der Waals surface area contributed by atoms with E-state index in [1.165, 1.54) is 4.90 Å². The molecule has 0 aliphatic carbocycles. The number of pyridine rings is 1. The van der Waals surface area contributed by atoms with Crippen molar-refractivity contribution in [2.45, 2.75) is 45.6 Å². The van der Waals surface area contributed by atoms with Gasteiger partial charge in [0.1, 0.15) is 5.60 Å². The van der Waals surface area contributed by atoms with Crippen LogP contribution in [0.5, 0.6) is 5.88 Å². The topological polar surface area (TPSA) is 68.7 Å². The summed E-state index contributed by atoms with van der Waals surface area (Å²) in [5, 5.41) is 0. The zero-order chi connectivity index (χ0) is 17.2. The molecule has 1 aliphatic heterocycles. The van der Waals surface area contributed by atoms with Crippen molar-refractivity contribution in [2.75, 3.05) is 13.7 Å². The fraction of sp³-hybridized carbons (Fsp3) is 0.588. The third kappa shape index (κ3) is 4.00. The van der Waals surface area contributed by atoms with Crippen LogP contribution in [0, 0.1) is 5.92 Å². The Balaban J connectivity index is 2.10. The SMILES string of the molecule is COc1ccc([C@H]2CCN(C(=O)OC(C)(C)C)C(=O)[C@@H]2C)cn1. The monoisotopic (exact) mass is 320 g/mol. The average Bonchev–Trinajstić information content (AvgIpc) is 2.48. The van der Waals surface area contributed by atoms with Crippen LogP contribution < -0.4 is 4.74 Å². The van der Waals surface area contributed by atoms with Crippen LogP contribution in [-0.4, -0.2) is 41.1 Å². The molecule has 126 valence electrons. The maximum absolute atomic E-state index is 12.5. The number of carbonyl (C=O) groups excluding carboxylic acids is 2. The van der Waals surface area contributed by atoms with E-state index in [9.17, 15) is 9.59 Å². The number of aromatic nitrogens is 1. The van der Waals surface area contributed by atoms with Crippen molar-refractivity contribution in [3.05, 3.63) is 23.9 Å². The summed E-state index contributed by atoms with van der Waals surface area (Å²) in [5.41, 5.74) is 0.368. The Kier molecular flexibility index (Phi) is 4.92. The number of rotatable bonds is 2. The lowest BCUT2D eigenvalue weighted by molar-refractivity contribution is -0.137. The lowest BCUT2D eigenvalue weighted by atomic mass is 9.82. The van der Waals surface area contributed by atoms with E-state index in [4.69, 9.17) is 9.47 Å². The standard InChI is InChI=1S/C17H24N2O4/c1-11-13(12-6-7-14(22-5)18-10-12)8-9-19(15(11)20)16(21)23-17(2,3)4/h6-7,10-11,13H,8-9H2,1-5H3/t11-,13+/m1/s1. The smallest absolute Gasteiger partial charge is 0.417 e. The first kappa shape index (κ1) is 17.2. The summed E-state index contributed by atoms with van der Waals surface area (Å²) in [6.07, 6.45) is 1.86. The molecule has 2 heterocycles. The Morgan fingerprint density at radius 2 is 2.04 bits per heavy atom. The van der Waals surface area contributed by atoms with Gasteiger partial charge < -0.3 is 9.47 Å². The van der Waals surface area contributed by atoms with Crippen LogP contribution in [0.1, 0.15) is 45.6 Å². The van der Waals surface area contributed by atoms with Gasteiger partial charge in [-0.15, -0.1) is 0 Å². The molecule has 2 atom stereocenters. The molecular formula is C17H24N2O4. The molecule has 0 saturated carbocycles. The van der Waals surface area contributed by atoms with Gasteiger partial charge in [-0.05, 0) is 38.7 Å². The highest BCUT2D eigenvalue weighted by Gasteiger charge is 2.39. The van der Waals surface area contributed by atoms with Gasteiger partial charge in [0, 0.05) is 24.7 Å². The zero-order valence-electron chi connectivity index (χ0n) is 14.3. The number of hydrogen-bond donors (Lipinski definition) is 0. The summed E-state index contributed by atoms with van der Waals surface area (Å²) in [6.45, 7) is 7.56. The summed E-state index contributed by atoms with van der Waals surface area (Å²) in [7, 11) is 1.56. The van der Waals surface area contributed by atoms with Crippen molar-refractivity contribution in [3.8, 4) is 5.88 Å². The van der Waals surface area contributed by atoms with E-state index in [-0.39, 0.29) is 17.7 Å². The Morgan fingerprint density at radius 1 is 1.35 bits per heavy atom. The van der Waals surface area contributed by atoms with Crippen molar-refractivity contribution in [1.29, 1.82) is 0 Å². The van der Waals surface area contributed by atoms with Crippen LogP contribution in [0.3, 0.4) is 0 Å². The first-order valence-corrected chi connectivity index (χ1v) is 7.77. The molecule has 6 heteroatoms. The van der Waals surface area contributed by atoms with Gasteiger partial charge in [0.2, 0.25) is 11.8 Å². The van der Waals surface area contributed by atoms with E-state index in [0.717, 1.165) is 5.56 Å². The maximum Gasteiger partial charge on any atom is 0.417 e. The van der Waals surface area contributed by atoms with Crippen LogP contribution in [0.2, 0.25) is 0 Å². The van der Waals surface area contributed by atoms with Crippen LogP contribution in [0.4, 0.5) is 4.79 Å². The molecule has 0 unspecified atom stereocenters. The van der Waals surface area contributed by atoms with Crippen LogP contribution >= 0.6 is 0 Å². The fourth-order valence-corrected chi connectivity index (χ4v) is 2.73. The first-order chi connectivity index (χ1) is 10.7. The Morgan fingerprint density at radius 3 is 2.57 bits per heavy atom. The Hall–Kier alpha value is -2.11. The number of ether oxygens (including phenoxy) is 2. The van der Waals surface area contributed by atoms with E-state index in [0.29, 0.717) is 18.8 Å². The second-order valence-corrected chi connectivity index (χ2v) is 6.79. The molecule has 0 bridgehead atoms. The number of nitrogens with zero attached hydrogens (tertiary/aromatic N) is 2. The van der Waals surface area contributed by atoms with Crippen LogP contribution in [0.15, 0.2) is 18.3 Å². The van der Waals surface area contributed by atoms with Gasteiger partial charge in [-0.2, -0.15) is 0 Å². The van der Waals surface area contributed by atoms with Gasteiger partial charge in [-0.1, -0.05) is 13.0 Å². The number of methoxy groups -OCH3 is 1. The molecule has 0 radical (unpaired) electrons. The summed E-state index contributed by atoms with van der Waals surface area (Å²) in [6, 6.07) is 3.70. The molecule has 0 N–H and O–H groups in total. The van der Waals surface area contributed by atoms with Crippen molar-refractivity contribution in [1.82, 2.24) is 9.88 Å². The fourth-order valence-electron chi connectivity index (χ4n) is 2.73. The second kappa shape index (κ2) is 6.56. The van der Waals surface area contributed by atoms with Gasteiger partial charge in [0.25, 0.3) is 0 Å². The molecule has 2 rings (SSSR count). The quantitative estimate of drug-likeness (QED) is 0.838. The minimum atomic E-state index is -0.614. The van der Waals surface area contributed by atoms with Gasteiger partial charge in [0.15, 0.2) is 0 Å². The molecule has 2 amide bonds. The molecule has 1 aliphatic rings. The first-order valence-electron chi connectivity index (χ1n) is 7.77. The molecule has 1 saturated heterocycles. The highest BCUT2D eigenvalue weighted by atomic mass is 16.6. The minimum Gasteiger partial charge on any atom is -0.481 e. The molecule has 23 heavy (non-hydrogen) atoms. The van der Waals surface area contributed by atoms with E-state index >= 15 is 0 Å². The molecule has 1 fully saturated rings. The molecule has 1 aromatic heterocycles. The van der Waals surface area contributed by atoms with E-state index in [2.05, 4.69) is 4.98 Å². The summed E-state index contributed by atoms with van der Waals surface area (Å²) in [4.78, 5) is 30.1. The number of hydrogen-bond acceptors (Lipinski definition) is 5. The van der Waals surface area contributed by atoms with E-state index < -0.39 is 11.7 Å². The van der Waals surface area contributed by atoms with Gasteiger partial charge in [-0.3, -0.25) is 4.79 Å². The number of amides is 2. The summed E-state index contributed by atoms with van der Waals surface area (Å²) < 4.78 is 10.4. The highest BCUT2D eigenvalue weighted by Crippen LogP contribution is 2.34. The molecule has 0 spiro atoms.